The normalized spacial score (nSPS) is 4.60. The molecule has 0 aromatic carbocycles. The average molecular weight is 125 g/mol. The molecule has 3 heteroatoms. The molecule has 0 rings (SSSR count). The monoisotopic (exact) mass is 125 g/mol. The van der Waals surface area contributed by atoms with Gasteiger partial charge < -0.3 is 5.40 Å². The maximum atomic E-state index is 4.64. The molecule has 0 atom stereocenters. The Balaban J connectivity index is 0. The summed E-state index contributed by atoms with van der Waals surface area (Å²) < 4.78 is 0. The van der Waals surface area contributed by atoms with Crippen molar-refractivity contribution in [3.05, 3.63) is 0 Å². The fraction of sp³-hybridized carbons (Fsp3) is 1.00. The number of rotatable bonds is 0. The molecule has 2 N–H and O–H groups in total. The molecule has 0 unspecified atom stereocenters. The molecule has 0 amide bonds. The van der Waals surface area contributed by atoms with Crippen molar-refractivity contribution < 1.29 is 19.2 Å². The van der Waals surface area contributed by atoms with E-state index in [0.717, 1.165) is 10.4 Å². The zero-order valence-electron chi connectivity index (χ0n) is 4.08. The van der Waals surface area contributed by atoms with Crippen LogP contribution in [0.2, 0.25) is 10.5 Å². The summed E-state index contributed by atoms with van der Waals surface area (Å²) in [6.45, 7) is 0. The van der Waals surface area contributed by atoms with E-state index < -0.39 is 0 Å². The summed E-state index contributed by atoms with van der Waals surface area (Å²) in [5.41, 5.74) is 0. The van der Waals surface area contributed by atoms with E-state index in [4.69, 9.17) is 0 Å². The van der Waals surface area contributed by atoms with Gasteiger partial charge in [-0.2, -0.15) is 0 Å². The van der Waals surface area contributed by atoms with Crippen molar-refractivity contribution in [1.29, 1.82) is 0 Å². The average Bonchev–Trinajstić information content (AvgIpc) is 1.46. The first-order chi connectivity index (χ1) is 2.41. The van der Waals surface area contributed by atoms with E-state index in [1.165, 1.54) is 0 Å². The Morgan fingerprint density at radius 2 is 1.40 bits per heavy atom. The van der Waals surface area contributed by atoms with Gasteiger partial charge in [0.05, 0.1) is 10.4 Å². The third-order valence-electron chi connectivity index (χ3n) is 0. The molecule has 0 spiro atoms. The molecule has 0 aliphatic carbocycles. The quantitative estimate of drug-likeness (QED) is 0.429. The molecule has 1 nitrogen and oxygen atoms in total. The molecule has 0 aromatic heterocycles. The van der Waals surface area contributed by atoms with E-state index in [1.54, 1.807) is 0 Å². The Kier molecular flexibility index (Phi) is 38.5. The molecule has 0 bridgehead atoms. The van der Waals surface area contributed by atoms with E-state index >= 15 is 0 Å². The van der Waals surface area contributed by atoms with Crippen LogP contribution in [0.15, 0.2) is 0 Å². The summed E-state index contributed by atoms with van der Waals surface area (Å²) in [7, 11) is 0.806. The van der Waals surface area contributed by atoms with Gasteiger partial charge in [0.25, 0.3) is 0 Å². The van der Waals surface area contributed by atoms with Gasteiger partial charge in [-0.25, -0.2) is 0 Å². The van der Waals surface area contributed by atoms with Crippen LogP contribution in [-0.2, 0) is 19.2 Å². The summed E-state index contributed by atoms with van der Waals surface area (Å²) in [5.74, 6) is 0. The van der Waals surface area contributed by atoms with Crippen LogP contribution >= 0.6 is 0 Å². The summed E-state index contributed by atoms with van der Waals surface area (Å²) in [6.07, 6.45) is 0. The van der Waals surface area contributed by atoms with Crippen molar-refractivity contribution in [3.8, 4) is 0 Å². The van der Waals surface area contributed by atoms with Gasteiger partial charge >= 0.3 is 29.6 Å². The molecule has 5 heavy (non-hydrogen) atoms. The first-order valence-corrected chi connectivity index (χ1v) is 5.86. The Morgan fingerprint density at radius 1 is 1.40 bits per heavy atom. The van der Waals surface area contributed by atoms with Crippen LogP contribution in [0, 0.1) is 0 Å². The topological polar surface area (TPSA) is 26.0 Å². The zero-order chi connectivity index (χ0) is 4.71. The van der Waals surface area contributed by atoms with Crippen LogP contribution in [0.5, 0.6) is 0 Å². The summed E-state index contributed by atoms with van der Waals surface area (Å²) >= 11 is 0.500. The summed E-state index contributed by atoms with van der Waals surface area (Å²) in [6, 6.07) is 0. The maximum absolute atomic E-state index is 4.64. The molecular formula is C2H11NSiTi. The second-order valence-electron chi connectivity index (χ2n) is 0.500. The fourth-order valence-corrected chi connectivity index (χ4v) is 0. The van der Waals surface area contributed by atoms with Gasteiger partial charge in [-0.05, 0) is 0 Å². The molecule has 0 aliphatic heterocycles. The SMILES string of the molecule is N[SiH3].[CH3][Ti][CH3]. The van der Waals surface area contributed by atoms with E-state index in [2.05, 4.69) is 15.9 Å². The molecule has 0 aromatic rings. The van der Waals surface area contributed by atoms with Crippen LogP contribution in [0.1, 0.15) is 0 Å². The predicted molar refractivity (Wildman–Crippen MR) is 25.9 cm³/mol. The van der Waals surface area contributed by atoms with E-state index in [-0.39, 0.29) is 0 Å². The van der Waals surface area contributed by atoms with Crippen molar-refractivity contribution in [2.45, 2.75) is 10.5 Å². The molecule has 0 fully saturated rings. The first-order valence-electron chi connectivity index (χ1n) is 1.58. The molecular weight excluding hydrogens is 114 g/mol. The molecule has 0 saturated carbocycles. The van der Waals surface area contributed by atoms with Crippen molar-refractivity contribution in [3.63, 3.8) is 0 Å². The van der Waals surface area contributed by atoms with Gasteiger partial charge in [-0.1, -0.05) is 0 Å². The van der Waals surface area contributed by atoms with Gasteiger partial charge in [0.2, 0.25) is 0 Å². The van der Waals surface area contributed by atoms with Crippen LogP contribution in [0.3, 0.4) is 0 Å². The van der Waals surface area contributed by atoms with Crippen molar-refractivity contribution in [1.82, 2.24) is 0 Å². The third-order valence-corrected chi connectivity index (χ3v) is 0. The Labute approximate surface area is 45.8 Å². The van der Waals surface area contributed by atoms with Gasteiger partial charge in [-0.3, -0.25) is 0 Å². The molecule has 0 radical (unpaired) electrons. The standard InChI is InChI=1S/2CH3.H5NSi.Ti/c;;1-2;/h2*1H3;1H2,2H3;. The van der Waals surface area contributed by atoms with Gasteiger partial charge in [0.15, 0.2) is 0 Å². The first kappa shape index (κ1) is 9.31. The minimum atomic E-state index is 0.500. The zero-order valence-corrected chi connectivity index (χ0v) is 7.64. The molecule has 0 saturated heterocycles. The van der Waals surface area contributed by atoms with E-state index in [1.807, 2.05) is 0 Å². The second kappa shape index (κ2) is 20.7. The van der Waals surface area contributed by atoms with Gasteiger partial charge in [0, 0.05) is 0 Å². The Morgan fingerprint density at radius 3 is 1.40 bits per heavy atom. The van der Waals surface area contributed by atoms with Gasteiger partial charge in [0.1, 0.15) is 0 Å². The van der Waals surface area contributed by atoms with E-state index in [0.29, 0.717) is 19.2 Å². The van der Waals surface area contributed by atoms with Gasteiger partial charge in [-0.15, -0.1) is 0 Å². The van der Waals surface area contributed by atoms with Crippen LogP contribution in [-0.4, -0.2) is 10.4 Å². The summed E-state index contributed by atoms with van der Waals surface area (Å²) in [5, 5.41) is 9.14. The fourth-order valence-electron chi connectivity index (χ4n) is 0. The molecule has 0 heterocycles. The number of hydrogen-bond acceptors (Lipinski definition) is 1. The van der Waals surface area contributed by atoms with Crippen LogP contribution in [0.25, 0.3) is 0 Å². The minimum absolute atomic E-state index is 0.500. The van der Waals surface area contributed by atoms with Crippen LogP contribution < -0.4 is 5.40 Å². The Hall–Kier alpha value is 0.891. The van der Waals surface area contributed by atoms with Crippen molar-refractivity contribution in [2.75, 3.05) is 0 Å². The van der Waals surface area contributed by atoms with Crippen molar-refractivity contribution in [2.24, 2.45) is 5.40 Å². The van der Waals surface area contributed by atoms with E-state index in [9.17, 15) is 0 Å². The van der Waals surface area contributed by atoms with Crippen molar-refractivity contribution >= 4 is 10.4 Å². The number of hydrogen-bond donors (Lipinski definition) is 1. The summed E-state index contributed by atoms with van der Waals surface area (Å²) in [4.78, 5) is 0. The predicted octanol–water partition coefficient (Wildman–Crippen LogP) is -0.609. The van der Waals surface area contributed by atoms with Crippen LogP contribution in [0.4, 0.5) is 0 Å². The molecule has 32 valence electrons. The second-order valence-corrected chi connectivity index (χ2v) is 2.06. The molecule has 0 aliphatic rings. The third kappa shape index (κ3) is 51.5. The Bertz CT molecular complexity index is 9.61. The number of nitrogens with two attached hydrogens (primary N) is 1.